The second-order valence-electron chi connectivity index (χ2n) is 7.43. The van der Waals surface area contributed by atoms with Gasteiger partial charge in [-0.05, 0) is 26.8 Å². The van der Waals surface area contributed by atoms with Gasteiger partial charge in [-0.25, -0.2) is 4.98 Å². The molecular formula is C19H26N6O2S. The fourth-order valence-electron chi connectivity index (χ4n) is 3.70. The van der Waals surface area contributed by atoms with Crippen molar-refractivity contribution in [3.05, 3.63) is 40.4 Å². The lowest BCUT2D eigenvalue weighted by Gasteiger charge is -2.35. The van der Waals surface area contributed by atoms with E-state index < -0.39 is 0 Å². The summed E-state index contributed by atoms with van der Waals surface area (Å²) < 4.78 is 9.63. The summed E-state index contributed by atoms with van der Waals surface area (Å²) in [5.74, 6) is -0.0246. The van der Waals surface area contributed by atoms with E-state index in [0.717, 1.165) is 22.0 Å². The molecule has 3 aromatic heterocycles. The Balaban J connectivity index is 1.53. The third-order valence-corrected chi connectivity index (χ3v) is 5.79. The molecule has 8 nitrogen and oxygen atoms in total. The Labute approximate surface area is 168 Å². The Morgan fingerprint density at radius 3 is 2.75 bits per heavy atom. The van der Waals surface area contributed by atoms with Crippen LogP contribution in [0.1, 0.15) is 41.4 Å². The van der Waals surface area contributed by atoms with Crippen LogP contribution in [-0.4, -0.2) is 55.3 Å². The highest BCUT2D eigenvalue weighted by atomic mass is 32.1. The number of imidazole rings is 1. The highest BCUT2D eigenvalue weighted by molar-refractivity contribution is 7.15. The lowest BCUT2D eigenvalue weighted by Crippen LogP contribution is -2.48. The molecule has 0 radical (unpaired) electrons. The number of thiazole rings is 1. The Morgan fingerprint density at radius 2 is 2.07 bits per heavy atom. The minimum absolute atomic E-state index is 0.0246. The van der Waals surface area contributed by atoms with E-state index in [-0.39, 0.29) is 18.1 Å². The number of carbonyl (C=O) groups is 1. The minimum Gasteiger partial charge on any atom is -0.372 e. The Kier molecular flexibility index (Phi) is 5.22. The largest absolute Gasteiger partial charge is 0.372 e. The molecule has 1 amide bonds. The summed E-state index contributed by atoms with van der Waals surface area (Å²) in [7, 11) is 1.94. The van der Waals surface area contributed by atoms with Gasteiger partial charge >= 0.3 is 0 Å². The van der Waals surface area contributed by atoms with Crippen LogP contribution in [0.3, 0.4) is 0 Å². The standard InChI is InChI=1S/C19H26N6O2S/c1-12-7-15(22-23(12)4)8-20-9-16-17(21-19-25(16)5-6-28-19)18(26)24-10-13(2)27-14(3)11-24/h5-7,13-14,20H,8-11H2,1-4H3/t13-,14+. The fraction of sp³-hybridized carbons (Fsp3) is 0.526. The number of rotatable bonds is 5. The highest BCUT2D eigenvalue weighted by Crippen LogP contribution is 2.21. The number of carbonyl (C=O) groups excluding carboxylic acids is 1. The summed E-state index contributed by atoms with van der Waals surface area (Å²) >= 11 is 1.54. The quantitative estimate of drug-likeness (QED) is 0.706. The highest BCUT2D eigenvalue weighted by Gasteiger charge is 2.30. The summed E-state index contributed by atoms with van der Waals surface area (Å²) in [6.07, 6.45) is 2.03. The molecule has 4 rings (SSSR count). The van der Waals surface area contributed by atoms with Crippen LogP contribution in [0.4, 0.5) is 0 Å². The van der Waals surface area contributed by atoms with Crippen molar-refractivity contribution < 1.29 is 9.53 Å². The predicted molar refractivity (Wildman–Crippen MR) is 107 cm³/mol. The summed E-state index contributed by atoms with van der Waals surface area (Å²) in [5, 5.41) is 9.88. The number of amides is 1. The van der Waals surface area contributed by atoms with E-state index in [1.54, 1.807) is 0 Å². The van der Waals surface area contributed by atoms with Gasteiger partial charge in [0.25, 0.3) is 5.91 Å². The normalized spacial score (nSPS) is 20.2. The number of nitrogens with zero attached hydrogens (tertiary/aromatic N) is 5. The van der Waals surface area contributed by atoms with Crippen molar-refractivity contribution in [1.29, 1.82) is 0 Å². The maximum Gasteiger partial charge on any atom is 0.274 e. The number of fused-ring (bicyclic) bond motifs is 1. The Bertz CT molecular complexity index is 961. The first-order valence-electron chi connectivity index (χ1n) is 9.51. The topological polar surface area (TPSA) is 76.7 Å². The molecule has 1 N–H and O–H groups in total. The zero-order valence-electron chi connectivity index (χ0n) is 16.7. The number of hydrogen-bond acceptors (Lipinski definition) is 6. The SMILES string of the molecule is Cc1cc(CNCc2c(C(=O)N3C[C@@H](C)O[C@@H](C)C3)nc3sccn23)nn1C. The monoisotopic (exact) mass is 402 g/mol. The van der Waals surface area contributed by atoms with Crippen molar-refractivity contribution in [1.82, 2.24) is 29.4 Å². The molecular weight excluding hydrogens is 376 g/mol. The number of aryl methyl sites for hydroxylation is 2. The van der Waals surface area contributed by atoms with E-state index in [0.29, 0.717) is 31.9 Å². The molecule has 0 saturated carbocycles. The first kappa shape index (κ1) is 19.1. The third kappa shape index (κ3) is 3.69. The van der Waals surface area contributed by atoms with E-state index in [2.05, 4.69) is 21.5 Å². The Morgan fingerprint density at radius 1 is 1.32 bits per heavy atom. The van der Waals surface area contributed by atoms with Crippen LogP contribution in [0.2, 0.25) is 0 Å². The van der Waals surface area contributed by atoms with Crippen molar-refractivity contribution in [2.75, 3.05) is 13.1 Å². The van der Waals surface area contributed by atoms with Gasteiger partial charge in [0.05, 0.1) is 23.6 Å². The Hall–Kier alpha value is -2.23. The first-order chi connectivity index (χ1) is 13.4. The van der Waals surface area contributed by atoms with Gasteiger partial charge in [-0.3, -0.25) is 13.9 Å². The van der Waals surface area contributed by atoms with E-state index in [1.165, 1.54) is 11.3 Å². The first-order valence-corrected chi connectivity index (χ1v) is 10.4. The minimum atomic E-state index is -0.0246. The maximum atomic E-state index is 13.2. The van der Waals surface area contributed by atoms with Crippen LogP contribution in [0.5, 0.6) is 0 Å². The van der Waals surface area contributed by atoms with Crippen molar-refractivity contribution >= 4 is 22.2 Å². The molecule has 0 bridgehead atoms. The second-order valence-corrected chi connectivity index (χ2v) is 8.31. The molecule has 0 unspecified atom stereocenters. The van der Waals surface area contributed by atoms with Gasteiger partial charge < -0.3 is 15.0 Å². The molecule has 0 aliphatic carbocycles. The number of morpholine rings is 1. The van der Waals surface area contributed by atoms with Gasteiger partial charge in [-0.15, -0.1) is 11.3 Å². The lowest BCUT2D eigenvalue weighted by molar-refractivity contribution is -0.0587. The molecule has 1 saturated heterocycles. The molecule has 150 valence electrons. The van der Waals surface area contributed by atoms with Gasteiger partial charge in [0, 0.05) is 50.5 Å². The lowest BCUT2D eigenvalue weighted by atomic mass is 10.2. The third-order valence-electron chi connectivity index (χ3n) is 5.03. The number of aromatic nitrogens is 4. The average molecular weight is 403 g/mol. The van der Waals surface area contributed by atoms with Gasteiger partial charge in [-0.2, -0.15) is 5.10 Å². The molecule has 0 spiro atoms. The van der Waals surface area contributed by atoms with E-state index in [4.69, 9.17) is 4.74 Å². The van der Waals surface area contributed by atoms with Crippen LogP contribution >= 0.6 is 11.3 Å². The number of hydrogen-bond donors (Lipinski definition) is 1. The molecule has 4 heterocycles. The fourth-order valence-corrected chi connectivity index (χ4v) is 4.43. The van der Waals surface area contributed by atoms with E-state index >= 15 is 0 Å². The van der Waals surface area contributed by atoms with Crippen LogP contribution in [0.15, 0.2) is 17.6 Å². The average Bonchev–Trinajstić information content (AvgIpc) is 3.30. The van der Waals surface area contributed by atoms with Crippen molar-refractivity contribution in [2.45, 2.75) is 46.1 Å². The molecule has 28 heavy (non-hydrogen) atoms. The van der Waals surface area contributed by atoms with Crippen LogP contribution in [-0.2, 0) is 24.9 Å². The van der Waals surface area contributed by atoms with Crippen molar-refractivity contribution in [3.63, 3.8) is 0 Å². The summed E-state index contributed by atoms with van der Waals surface area (Å²) in [6, 6.07) is 2.06. The molecule has 1 aliphatic rings. The van der Waals surface area contributed by atoms with Gasteiger partial charge in [0.1, 0.15) is 0 Å². The van der Waals surface area contributed by atoms with E-state index in [1.807, 2.05) is 53.4 Å². The number of nitrogens with one attached hydrogen (secondary N) is 1. The number of ether oxygens (including phenoxy) is 1. The smallest absolute Gasteiger partial charge is 0.274 e. The summed E-state index contributed by atoms with van der Waals surface area (Å²) in [5.41, 5.74) is 3.51. The predicted octanol–water partition coefficient (Wildman–Crippen LogP) is 1.98. The molecule has 2 atom stereocenters. The summed E-state index contributed by atoms with van der Waals surface area (Å²) in [4.78, 5) is 20.5. The zero-order valence-corrected chi connectivity index (χ0v) is 17.5. The maximum absolute atomic E-state index is 13.2. The van der Waals surface area contributed by atoms with Crippen LogP contribution < -0.4 is 5.32 Å². The zero-order chi connectivity index (χ0) is 19.8. The van der Waals surface area contributed by atoms with Gasteiger partial charge in [0.2, 0.25) is 0 Å². The van der Waals surface area contributed by atoms with Crippen molar-refractivity contribution in [3.8, 4) is 0 Å². The van der Waals surface area contributed by atoms with Gasteiger partial charge in [-0.1, -0.05) is 0 Å². The van der Waals surface area contributed by atoms with Crippen LogP contribution in [0, 0.1) is 6.92 Å². The molecule has 0 aromatic carbocycles. The molecule has 1 aliphatic heterocycles. The molecule has 9 heteroatoms. The molecule has 1 fully saturated rings. The second kappa shape index (κ2) is 7.65. The molecule has 3 aromatic rings. The van der Waals surface area contributed by atoms with E-state index in [9.17, 15) is 4.79 Å². The summed E-state index contributed by atoms with van der Waals surface area (Å²) in [6.45, 7) is 8.40. The van der Waals surface area contributed by atoms with Crippen molar-refractivity contribution in [2.24, 2.45) is 7.05 Å². The van der Waals surface area contributed by atoms with Gasteiger partial charge in [0.15, 0.2) is 10.7 Å². The van der Waals surface area contributed by atoms with Crippen LogP contribution in [0.25, 0.3) is 4.96 Å².